The molecular weight excluding hydrogens is 370 g/mol. The second-order valence-electron chi connectivity index (χ2n) is 6.93. The highest BCUT2D eigenvalue weighted by atomic mass is 16.5. The molecular formula is C27H23NO2. The van der Waals surface area contributed by atoms with Crippen LogP contribution in [0.4, 0.5) is 0 Å². The largest absolute Gasteiger partial charge is 0.489 e. The molecule has 0 bridgehead atoms. The summed E-state index contributed by atoms with van der Waals surface area (Å²) >= 11 is 0. The maximum absolute atomic E-state index is 6.02. The van der Waals surface area contributed by atoms with Crippen molar-refractivity contribution in [3.8, 4) is 22.8 Å². The number of hydrogen-bond donors (Lipinski definition) is 0. The topological polar surface area (TPSA) is 31.4 Å². The average Bonchev–Trinajstić information content (AvgIpc) is 2.83. The number of pyridine rings is 1. The Morgan fingerprint density at radius 3 is 1.97 bits per heavy atom. The molecule has 4 rings (SSSR count). The van der Waals surface area contributed by atoms with Crippen LogP contribution in [0.2, 0.25) is 0 Å². The molecule has 0 spiro atoms. The molecule has 0 unspecified atom stereocenters. The minimum Gasteiger partial charge on any atom is -0.489 e. The highest BCUT2D eigenvalue weighted by Gasteiger charge is 2.06. The van der Waals surface area contributed by atoms with Crippen LogP contribution < -0.4 is 9.47 Å². The first-order chi connectivity index (χ1) is 14.8. The summed E-state index contributed by atoms with van der Waals surface area (Å²) in [6, 6.07) is 30.2. The van der Waals surface area contributed by atoms with Crippen LogP contribution in [0.3, 0.4) is 0 Å². The second kappa shape index (κ2) is 9.57. The molecule has 0 N–H and O–H groups in total. The predicted molar refractivity (Wildman–Crippen MR) is 121 cm³/mol. The van der Waals surface area contributed by atoms with Crippen molar-refractivity contribution in [1.29, 1.82) is 0 Å². The molecule has 0 saturated heterocycles. The van der Waals surface area contributed by atoms with Crippen LogP contribution in [0.5, 0.6) is 11.6 Å². The summed E-state index contributed by atoms with van der Waals surface area (Å²) in [6.07, 6.45) is 3.65. The Balaban J connectivity index is 1.47. The van der Waals surface area contributed by atoms with Crippen LogP contribution in [-0.2, 0) is 13.2 Å². The smallest absolute Gasteiger partial charge is 0.213 e. The van der Waals surface area contributed by atoms with Crippen LogP contribution in [0.15, 0.2) is 104 Å². The maximum Gasteiger partial charge on any atom is 0.213 e. The number of aromatic nitrogens is 1. The van der Waals surface area contributed by atoms with Gasteiger partial charge < -0.3 is 9.47 Å². The van der Waals surface area contributed by atoms with Crippen molar-refractivity contribution >= 4 is 6.08 Å². The lowest BCUT2D eigenvalue weighted by Gasteiger charge is -2.11. The molecule has 0 saturated carbocycles. The Kier molecular flexibility index (Phi) is 6.21. The zero-order valence-corrected chi connectivity index (χ0v) is 16.7. The molecule has 0 aliphatic heterocycles. The first kappa shape index (κ1) is 19.5. The van der Waals surface area contributed by atoms with Gasteiger partial charge in [-0.25, -0.2) is 4.98 Å². The van der Waals surface area contributed by atoms with E-state index in [-0.39, 0.29) is 0 Å². The number of benzene rings is 3. The lowest BCUT2D eigenvalue weighted by Crippen LogP contribution is -1.97. The second-order valence-corrected chi connectivity index (χ2v) is 6.93. The third-order valence-corrected chi connectivity index (χ3v) is 4.71. The molecule has 0 fully saturated rings. The first-order valence-electron chi connectivity index (χ1n) is 9.87. The Hall–Kier alpha value is -3.85. The Morgan fingerprint density at radius 2 is 1.37 bits per heavy atom. The quantitative estimate of drug-likeness (QED) is 0.340. The van der Waals surface area contributed by atoms with Crippen LogP contribution >= 0.6 is 0 Å². The van der Waals surface area contributed by atoms with Crippen LogP contribution in [0, 0.1) is 0 Å². The van der Waals surface area contributed by atoms with E-state index >= 15 is 0 Å². The zero-order valence-electron chi connectivity index (χ0n) is 16.7. The zero-order chi connectivity index (χ0) is 20.6. The lowest BCUT2D eigenvalue weighted by atomic mass is 10.0. The number of nitrogens with zero attached hydrogens (tertiary/aromatic N) is 1. The summed E-state index contributed by atoms with van der Waals surface area (Å²) in [4.78, 5) is 4.46. The van der Waals surface area contributed by atoms with Gasteiger partial charge in [-0.05, 0) is 46.5 Å². The predicted octanol–water partition coefficient (Wildman–Crippen LogP) is 6.55. The molecule has 0 radical (unpaired) electrons. The summed E-state index contributed by atoms with van der Waals surface area (Å²) in [5.41, 5.74) is 5.26. The molecule has 4 aromatic rings. The van der Waals surface area contributed by atoms with Gasteiger partial charge >= 0.3 is 0 Å². The standard InChI is InChI=1S/C27H23NO2/c1-2-21-15-25(17-26(16-21)29-19-22-9-5-3-6-10-22)24-13-14-27(28-18-24)30-20-23-11-7-4-8-12-23/h2-18H,1,19-20H2. The van der Waals surface area contributed by atoms with E-state index in [0.29, 0.717) is 19.1 Å². The fourth-order valence-corrected chi connectivity index (χ4v) is 3.10. The molecule has 0 aliphatic rings. The molecule has 30 heavy (non-hydrogen) atoms. The minimum absolute atomic E-state index is 0.497. The van der Waals surface area contributed by atoms with E-state index in [4.69, 9.17) is 9.47 Å². The molecule has 1 heterocycles. The summed E-state index contributed by atoms with van der Waals surface area (Å²) in [6.45, 7) is 4.92. The van der Waals surface area contributed by atoms with E-state index in [0.717, 1.165) is 33.6 Å². The van der Waals surface area contributed by atoms with Gasteiger partial charge in [0.15, 0.2) is 0 Å². The van der Waals surface area contributed by atoms with Gasteiger partial charge in [-0.3, -0.25) is 0 Å². The summed E-state index contributed by atoms with van der Waals surface area (Å²) in [5, 5.41) is 0. The maximum atomic E-state index is 6.02. The average molecular weight is 393 g/mol. The fraction of sp³-hybridized carbons (Fsp3) is 0.0741. The highest BCUT2D eigenvalue weighted by Crippen LogP contribution is 2.28. The third kappa shape index (κ3) is 5.15. The van der Waals surface area contributed by atoms with Crippen LogP contribution in [0.1, 0.15) is 16.7 Å². The molecule has 0 atom stereocenters. The van der Waals surface area contributed by atoms with Crippen molar-refractivity contribution in [2.45, 2.75) is 13.2 Å². The van der Waals surface area contributed by atoms with E-state index < -0.39 is 0 Å². The summed E-state index contributed by atoms with van der Waals surface area (Å²) < 4.78 is 11.8. The van der Waals surface area contributed by atoms with Gasteiger partial charge in [0.1, 0.15) is 19.0 Å². The fourth-order valence-electron chi connectivity index (χ4n) is 3.10. The van der Waals surface area contributed by atoms with Crippen LogP contribution in [-0.4, -0.2) is 4.98 Å². The van der Waals surface area contributed by atoms with Gasteiger partial charge in [0.25, 0.3) is 0 Å². The number of rotatable bonds is 8. The van der Waals surface area contributed by atoms with Crippen molar-refractivity contribution < 1.29 is 9.47 Å². The molecule has 0 amide bonds. The van der Waals surface area contributed by atoms with Crippen molar-refractivity contribution in [2.75, 3.05) is 0 Å². The van der Waals surface area contributed by atoms with Crippen molar-refractivity contribution in [3.05, 3.63) is 120 Å². The molecule has 0 aliphatic carbocycles. The Labute approximate surface area is 177 Å². The van der Waals surface area contributed by atoms with Crippen molar-refractivity contribution in [3.63, 3.8) is 0 Å². The number of hydrogen-bond acceptors (Lipinski definition) is 3. The highest BCUT2D eigenvalue weighted by molar-refractivity contribution is 5.69. The van der Waals surface area contributed by atoms with Gasteiger partial charge in [0.2, 0.25) is 5.88 Å². The van der Waals surface area contributed by atoms with Crippen molar-refractivity contribution in [1.82, 2.24) is 4.98 Å². The van der Waals surface area contributed by atoms with Gasteiger partial charge in [0, 0.05) is 17.8 Å². The minimum atomic E-state index is 0.497. The van der Waals surface area contributed by atoms with E-state index in [1.165, 1.54) is 0 Å². The summed E-state index contributed by atoms with van der Waals surface area (Å²) in [5.74, 6) is 1.40. The molecule has 148 valence electrons. The molecule has 3 nitrogen and oxygen atoms in total. The first-order valence-corrected chi connectivity index (χ1v) is 9.87. The van der Waals surface area contributed by atoms with Crippen molar-refractivity contribution in [2.24, 2.45) is 0 Å². The van der Waals surface area contributed by atoms with E-state index in [9.17, 15) is 0 Å². The lowest BCUT2D eigenvalue weighted by molar-refractivity contribution is 0.294. The summed E-state index contributed by atoms with van der Waals surface area (Å²) in [7, 11) is 0. The van der Waals surface area contributed by atoms with Crippen LogP contribution in [0.25, 0.3) is 17.2 Å². The van der Waals surface area contributed by atoms with Gasteiger partial charge in [-0.2, -0.15) is 0 Å². The monoisotopic (exact) mass is 393 g/mol. The van der Waals surface area contributed by atoms with Gasteiger partial charge in [0.05, 0.1) is 0 Å². The van der Waals surface area contributed by atoms with Gasteiger partial charge in [-0.1, -0.05) is 73.3 Å². The van der Waals surface area contributed by atoms with E-state index in [1.54, 1.807) is 0 Å². The SMILES string of the molecule is C=Cc1cc(OCc2ccccc2)cc(-c2ccc(OCc3ccccc3)nc2)c1. The van der Waals surface area contributed by atoms with Gasteiger partial charge in [-0.15, -0.1) is 0 Å². The van der Waals surface area contributed by atoms with E-state index in [1.807, 2.05) is 85.1 Å². The Bertz CT molecular complexity index is 1090. The molecule has 1 aromatic heterocycles. The Morgan fingerprint density at radius 1 is 0.700 bits per heavy atom. The number of ether oxygens (including phenoxy) is 2. The molecule has 3 heteroatoms. The third-order valence-electron chi connectivity index (χ3n) is 4.71. The molecule has 3 aromatic carbocycles. The normalized spacial score (nSPS) is 10.4. The van der Waals surface area contributed by atoms with E-state index in [2.05, 4.69) is 29.8 Å².